The SMILES string of the molecule is CN(C)CCCNC(=O)CC(=O)Nc1ccc(Cl)c(Cl)c1. The molecule has 0 unspecified atom stereocenters. The first-order valence-electron chi connectivity index (χ1n) is 6.55. The van der Waals surface area contributed by atoms with Gasteiger partial charge in [-0.2, -0.15) is 0 Å². The smallest absolute Gasteiger partial charge is 0.233 e. The zero-order valence-corrected chi connectivity index (χ0v) is 13.6. The highest BCUT2D eigenvalue weighted by atomic mass is 35.5. The van der Waals surface area contributed by atoms with Crippen LogP contribution in [0.2, 0.25) is 10.0 Å². The van der Waals surface area contributed by atoms with Gasteiger partial charge in [0.05, 0.1) is 10.0 Å². The van der Waals surface area contributed by atoms with Gasteiger partial charge in [-0.3, -0.25) is 9.59 Å². The topological polar surface area (TPSA) is 61.4 Å². The van der Waals surface area contributed by atoms with Gasteiger partial charge in [-0.1, -0.05) is 23.2 Å². The number of amides is 2. The molecule has 0 heterocycles. The van der Waals surface area contributed by atoms with E-state index in [0.717, 1.165) is 13.0 Å². The van der Waals surface area contributed by atoms with Gasteiger partial charge in [-0.25, -0.2) is 0 Å². The molecule has 1 aromatic rings. The molecule has 0 fully saturated rings. The van der Waals surface area contributed by atoms with Crippen LogP contribution >= 0.6 is 23.2 Å². The number of rotatable bonds is 7. The number of benzene rings is 1. The van der Waals surface area contributed by atoms with Crippen LogP contribution in [0.4, 0.5) is 5.69 Å². The third-order valence-electron chi connectivity index (χ3n) is 2.63. The molecule has 5 nitrogen and oxygen atoms in total. The summed E-state index contributed by atoms with van der Waals surface area (Å²) < 4.78 is 0. The third kappa shape index (κ3) is 7.32. The minimum absolute atomic E-state index is 0.220. The maximum absolute atomic E-state index is 11.7. The second-order valence-corrected chi connectivity index (χ2v) is 5.68. The zero-order valence-electron chi connectivity index (χ0n) is 12.1. The van der Waals surface area contributed by atoms with Crippen molar-refractivity contribution in [3.05, 3.63) is 28.2 Å². The first-order valence-corrected chi connectivity index (χ1v) is 7.30. The van der Waals surface area contributed by atoms with Gasteiger partial charge < -0.3 is 15.5 Å². The molecule has 0 saturated carbocycles. The number of nitrogens with one attached hydrogen (secondary N) is 2. The van der Waals surface area contributed by atoms with Gasteiger partial charge in [0, 0.05) is 12.2 Å². The Kier molecular flexibility index (Phi) is 7.50. The van der Waals surface area contributed by atoms with Crippen LogP contribution in [-0.4, -0.2) is 43.9 Å². The number of anilines is 1. The van der Waals surface area contributed by atoms with Gasteiger partial charge in [0.15, 0.2) is 0 Å². The van der Waals surface area contributed by atoms with Crippen molar-refractivity contribution >= 4 is 40.7 Å². The lowest BCUT2D eigenvalue weighted by atomic mass is 10.3. The number of hydrogen-bond acceptors (Lipinski definition) is 3. The largest absolute Gasteiger partial charge is 0.356 e. The molecule has 1 aromatic carbocycles. The van der Waals surface area contributed by atoms with Crippen LogP contribution in [0.1, 0.15) is 12.8 Å². The lowest BCUT2D eigenvalue weighted by Crippen LogP contribution is -2.30. The fourth-order valence-electron chi connectivity index (χ4n) is 1.61. The van der Waals surface area contributed by atoms with Crippen LogP contribution in [0, 0.1) is 0 Å². The molecule has 0 aliphatic heterocycles. The number of carbonyl (C=O) groups excluding carboxylic acids is 2. The van der Waals surface area contributed by atoms with E-state index in [2.05, 4.69) is 10.6 Å². The average molecular weight is 332 g/mol. The van der Waals surface area contributed by atoms with Crippen molar-refractivity contribution in [1.29, 1.82) is 0 Å². The highest BCUT2D eigenvalue weighted by Gasteiger charge is 2.10. The number of halogens is 2. The monoisotopic (exact) mass is 331 g/mol. The minimum Gasteiger partial charge on any atom is -0.356 e. The Bertz CT molecular complexity index is 507. The summed E-state index contributed by atoms with van der Waals surface area (Å²) >= 11 is 11.6. The molecule has 21 heavy (non-hydrogen) atoms. The Labute approximate surface area is 134 Å². The maximum Gasteiger partial charge on any atom is 0.233 e. The van der Waals surface area contributed by atoms with E-state index in [-0.39, 0.29) is 12.3 Å². The van der Waals surface area contributed by atoms with E-state index in [9.17, 15) is 9.59 Å². The predicted octanol–water partition coefficient (Wildman–Crippen LogP) is 2.39. The van der Waals surface area contributed by atoms with E-state index in [1.165, 1.54) is 6.07 Å². The first kappa shape index (κ1) is 17.8. The highest BCUT2D eigenvalue weighted by molar-refractivity contribution is 6.42. The highest BCUT2D eigenvalue weighted by Crippen LogP contribution is 2.24. The summed E-state index contributed by atoms with van der Waals surface area (Å²) in [7, 11) is 3.93. The molecule has 0 aliphatic rings. The molecular weight excluding hydrogens is 313 g/mol. The van der Waals surface area contributed by atoms with Gasteiger partial charge in [0.2, 0.25) is 11.8 Å². The Morgan fingerprint density at radius 3 is 2.48 bits per heavy atom. The summed E-state index contributed by atoms with van der Waals surface area (Å²) in [5, 5.41) is 6.06. The molecule has 0 atom stereocenters. The Morgan fingerprint density at radius 1 is 1.14 bits per heavy atom. The van der Waals surface area contributed by atoms with Crippen LogP contribution in [0.15, 0.2) is 18.2 Å². The standard InChI is InChI=1S/C14H19Cl2N3O2/c1-19(2)7-3-6-17-13(20)9-14(21)18-10-4-5-11(15)12(16)8-10/h4-5,8H,3,6-7,9H2,1-2H3,(H,17,20)(H,18,21). The van der Waals surface area contributed by atoms with Gasteiger partial charge in [0.1, 0.15) is 6.42 Å². The summed E-state index contributed by atoms with van der Waals surface area (Å²) in [5.74, 6) is -0.690. The van der Waals surface area contributed by atoms with Crippen LogP contribution in [-0.2, 0) is 9.59 Å². The van der Waals surface area contributed by atoms with Gasteiger partial charge in [-0.05, 0) is 45.3 Å². The quantitative estimate of drug-likeness (QED) is 0.595. The third-order valence-corrected chi connectivity index (χ3v) is 3.37. The summed E-state index contributed by atoms with van der Waals surface area (Å²) in [4.78, 5) is 25.3. The molecule has 0 aliphatic carbocycles. The van der Waals surface area contributed by atoms with E-state index in [4.69, 9.17) is 23.2 Å². The van der Waals surface area contributed by atoms with Crippen molar-refractivity contribution < 1.29 is 9.59 Å². The molecule has 0 bridgehead atoms. The van der Waals surface area contributed by atoms with Crippen LogP contribution in [0.25, 0.3) is 0 Å². The summed E-state index contributed by atoms with van der Waals surface area (Å²) in [6.45, 7) is 1.44. The van der Waals surface area contributed by atoms with Crippen LogP contribution in [0.5, 0.6) is 0 Å². The molecule has 116 valence electrons. The van der Waals surface area contributed by atoms with Crippen molar-refractivity contribution in [2.75, 3.05) is 32.5 Å². The summed E-state index contributed by atoms with van der Waals surface area (Å²) in [6.07, 6.45) is 0.620. The van der Waals surface area contributed by atoms with Gasteiger partial charge in [-0.15, -0.1) is 0 Å². The van der Waals surface area contributed by atoms with E-state index in [1.807, 2.05) is 19.0 Å². The fraction of sp³-hybridized carbons (Fsp3) is 0.429. The lowest BCUT2D eigenvalue weighted by Gasteiger charge is -2.10. The zero-order chi connectivity index (χ0) is 15.8. The molecule has 1 rings (SSSR count). The van der Waals surface area contributed by atoms with Gasteiger partial charge >= 0.3 is 0 Å². The van der Waals surface area contributed by atoms with Crippen molar-refractivity contribution in [3.8, 4) is 0 Å². The van der Waals surface area contributed by atoms with E-state index in [1.54, 1.807) is 12.1 Å². The average Bonchev–Trinajstić information content (AvgIpc) is 2.38. The van der Waals surface area contributed by atoms with Crippen molar-refractivity contribution in [2.24, 2.45) is 0 Å². The number of carbonyl (C=O) groups is 2. The second kappa shape index (κ2) is 8.87. The van der Waals surface area contributed by atoms with Gasteiger partial charge in [0.25, 0.3) is 0 Å². The van der Waals surface area contributed by atoms with E-state index < -0.39 is 5.91 Å². The molecule has 2 amide bonds. The molecule has 0 saturated heterocycles. The fourth-order valence-corrected chi connectivity index (χ4v) is 1.91. The van der Waals surface area contributed by atoms with E-state index >= 15 is 0 Å². The Hall–Kier alpha value is -1.30. The second-order valence-electron chi connectivity index (χ2n) is 4.86. The molecule has 0 spiro atoms. The van der Waals surface area contributed by atoms with Crippen molar-refractivity contribution in [3.63, 3.8) is 0 Å². The van der Waals surface area contributed by atoms with Crippen LogP contribution < -0.4 is 10.6 Å². The first-order chi connectivity index (χ1) is 9.88. The minimum atomic E-state index is -0.390. The predicted molar refractivity (Wildman–Crippen MR) is 85.9 cm³/mol. The molecule has 0 radical (unpaired) electrons. The molecular formula is C14H19Cl2N3O2. The van der Waals surface area contributed by atoms with Crippen LogP contribution in [0.3, 0.4) is 0 Å². The van der Waals surface area contributed by atoms with E-state index in [0.29, 0.717) is 22.3 Å². The Balaban J connectivity index is 2.32. The number of nitrogens with zero attached hydrogens (tertiary/aromatic N) is 1. The van der Waals surface area contributed by atoms with Crippen molar-refractivity contribution in [1.82, 2.24) is 10.2 Å². The number of hydrogen-bond donors (Lipinski definition) is 2. The lowest BCUT2D eigenvalue weighted by molar-refractivity contribution is -0.126. The Morgan fingerprint density at radius 2 is 1.86 bits per heavy atom. The van der Waals surface area contributed by atoms with Crippen molar-refractivity contribution in [2.45, 2.75) is 12.8 Å². The molecule has 2 N–H and O–H groups in total. The summed E-state index contributed by atoms with van der Waals surface area (Å²) in [5.41, 5.74) is 0.509. The molecule has 0 aromatic heterocycles. The normalized spacial score (nSPS) is 10.5. The maximum atomic E-state index is 11.7. The summed E-state index contributed by atoms with van der Waals surface area (Å²) in [6, 6.07) is 4.75. The molecule has 7 heteroatoms.